The van der Waals surface area contributed by atoms with Gasteiger partial charge in [0.05, 0.1) is 15.3 Å². The fraction of sp³-hybridized carbons (Fsp3) is 0.200. The number of Topliss-reactive ketones (excluding diaryl/α,β-unsaturated/α-hetero) is 1. The number of nitro groups is 1. The number of nitriles is 1. The molecule has 0 bridgehead atoms. The van der Waals surface area contributed by atoms with Gasteiger partial charge in [-0.3, -0.25) is 14.9 Å². The molecule has 0 N–H and O–H groups in total. The maximum atomic E-state index is 11.6. The lowest BCUT2D eigenvalue weighted by atomic mass is 10.0. The van der Waals surface area contributed by atoms with E-state index in [1.54, 1.807) is 13.0 Å². The number of rotatable bonds is 3. The van der Waals surface area contributed by atoms with Gasteiger partial charge < -0.3 is 0 Å². The molecule has 1 aromatic carbocycles. The van der Waals surface area contributed by atoms with Gasteiger partial charge in [0, 0.05) is 17.7 Å². The van der Waals surface area contributed by atoms with Gasteiger partial charge in [0.15, 0.2) is 5.78 Å². The number of non-ortho nitro benzene ring substituents is 1. The van der Waals surface area contributed by atoms with Crippen molar-refractivity contribution in [3.8, 4) is 6.07 Å². The first-order chi connectivity index (χ1) is 7.47. The summed E-state index contributed by atoms with van der Waals surface area (Å²) in [5.74, 6) is -0.272. The zero-order valence-corrected chi connectivity index (χ0v) is 9.89. The van der Waals surface area contributed by atoms with Gasteiger partial charge in [0.2, 0.25) is 0 Å². The summed E-state index contributed by atoms with van der Waals surface area (Å²) >= 11 is 3.09. The lowest BCUT2D eigenvalue weighted by molar-refractivity contribution is -0.384. The molecule has 1 unspecified atom stereocenters. The van der Waals surface area contributed by atoms with Crippen LogP contribution in [0.2, 0.25) is 0 Å². The Balaban J connectivity index is 3.29. The minimum absolute atomic E-state index is 0.0190. The third-order valence-electron chi connectivity index (χ3n) is 1.96. The van der Waals surface area contributed by atoms with E-state index in [4.69, 9.17) is 5.26 Å². The van der Waals surface area contributed by atoms with Gasteiger partial charge in [-0.25, -0.2) is 0 Å². The molecule has 5 nitrogen and oxygen atoms in total. The van der Waals surface area contributed by atoms with Crippen LogP contribution in [0.3, 0.4) is 0 Å². The molecule has 0 heterocycles. The molecule has 1 rings (SSSR count). The summed E-state index contributed by atoms with van der Waals surface area (Å²) in [6, 6.07) is 5.39. The smallest absolute Gasteiger partial charge is 0.270 e. The lowest BCUT2D eigenvalue weighted by Crippen LogP contribution is -2.12. The maximum Gasteiger partial charge on any atom is 0.270 e. The van der Waals surface area contributed by atoms with Crippen LogP contribution in [0.4, 0.5) is 5.69 Å². The highest BCUT2D eigenvalue weighted by Crippen LogP contribution is 2.20. The average Bonchev–Trinajstić information content (AvgIpc) is 2.26. The minimum atomic E-state index is -0.605. The van der Waals surface area contributed by atoms with Crippen molar-refractivity contribution in [3.05, 3.63) is 39.4 Å². The van der Waals surface area contributed by atoms with E-state index >= 15 is 0 Å². The first kappa shape index (κ1) is 12.3. The molecule has 1 aromatic rings. The summed E-state index contributed by atoms with van der Waals surface area (Å²) in [6.45, 7) is 1.63. The highest BCUT2D eigenvalue weighted by atomic mass is 79.9. The summed E-state index contributed by atoms with van der Waals surface area (Å²) in [4.78, 5) is 21.1. The summed E-state index contributed by atoms with van der Waals surface area (Å²) in [5, 5.41) is 19.3. The number of nitro benzene ring substituents is 1. The van der Waals surface area contributed by atoms with E-state index in [2.05, 4.69) is 15.9 Å². The van der Waals surface area contributed by atoms with Crippen molar-refractivity contribution in [3.63, 3.8) is 0 Å². The third kappa shape index (κ3) is 2.44. The van der Waals surface area contributed by atoms with Gasteiger partial charge in [0.1, 0.15) is 6.07 Å². The molecule has 0 aliphatic carbocycles. The normalized spacial score (nSPS) is 11.6. The van der Waals surface area contributed by atoms with Crippen molar-refractivity contribution >= 4 is 27.4 Å². The molecule has 6 heteroatoms. The molecule has 0 aromatic heterocycles. The molecule has 0 fully saturated rings. The molecule has 0 saturated heterocycles. The fourth-order valence-corrected chi connectivity index (χ4v) is 1.41. The number of carbonyl (C=O) groups excluding carboxylic acids is 1. The van der Waals surface area contributed by atoms with Gasteiger partial charge in [-0.15, -0.1) is 0 Å². The van der Waals surface area contributed by atoms with Crippen LogP contribution in [0.25, 0.3) is 0 Å². The van der Waals surface area contributed by atoms with E-state index in [1.807, 2.05) is 0 Å². The Kier molecular flexibility index (Phi) is 3.74. The summed E-state index contributed by atoms with van der Waals surface area (Å²) < 4.78 is 0. The van der Waals surface area contributed by atoms with Gasteiger partial charge in [-0.05, 0) is 13.0 Å². The molecular formula is C10H7BrN2O3. The van der Waals surface area contributed by atoms with E-state index < -0.39 is 9.75 Å². The topological polar surface area (TPSA) is 84.0 Å². The average molecular weight is 283 g/mol. The number of halogens is 1. The molecule has 16 heavy (non-hydrogen) atoms. The minimum Gasteiger partial charge on any atom is -0.293 e. The number of hydrogen-bond donors (Lipinski definition) is 0. The fourth-order valence-electron chi connectivity index (χ4n) is 1.17. The molecule has 1 atom stereocenters. The second-order valence-corrected chi connectivity index (χ2v) is 4.45. The molecule has 0 aliphatic heterocycles. The summed E-state index contributed by atoms with van der Waals surface area (Å²) in [7, 11) is 0. The van der Waals surface area contributed by atoms with E-state index in [0.29, 0.717) is 0 Å². The predicted octanol–water partition coefficient (Wildman–Crippen LogP) is 2.43. The SMILES string of the molecule is CC(Br)C(=O)c1ccc([N+](=O)[O-])cc1C#N. The third-order valence-corrected chi connectivity index (χ3v) is 2.38. The van der Waals surface area contributed by atoms with Gasteiger partial charge in [-0.1, -0.05) is 15.9 Å². The Labute approximate surface area is 100.0 Å². The van der Waals surface area contributed by atoms with E-state index in [9.17, 15) is 14.9 Å². The molecule has 0 radical (unpaired) electrons. The molecule has 0 spiro atoms. The molecule has 82 valence electrons. The molecular weight excluding hydrogens is 276 g/mol. The summed E-state index contributed by atoms with van der Waals surface area (Å²) in [5.41, 5.74) is 0.0123. The highest BCUT2D eigenvalue weighted by molar-refractivity contribution is 9.10. The molecule has 0 saturated carbocycles. The van der Waals surface area contributed by atoms with Crippen molar-refractivity contribution < 1.29 is 9.72 Å². The van der Waals surface area contributed by atoms with Gasteiger partial charge in [-0.2, -0.15) is 5.26 Å². The zero-order chi connectivity index (χ0) is 12.3. The Hall–Kier alpha value is -1.74. The van der Waals surface area contributed by atoms with Crippen LogP contribution in [-0.2, 0) is 0 Å². The lowest BCUT2D eigenvalue weighted by Gasteiger charge is -2.04. The number of carbonyl (C=O) groups is 1. The number of alkyl halides is 1. The van der Waals surface area contributed by atoms with E-state index in [1.165, 1.54) is 12.1 Å². The van der Waals surface area contributed by atoms with Crippen molar-refractivity contribution in [2.24, 2.45) is 0 Å². The molecule has 0 aliphatic rings. The Morgan fingerprint density at radius 2 is 2.25 bits per heavy atom. The largest absolute Gasteiger partial charge is 0.293 e. The van der Waals surface area contributed by atoms with Crippen molar-refractivity contribution in [1.82, 2.24) is 0 Å². The van der Waals surface area contributed by atoms with E-state index in [-0.39, 0.29) is 22.6 Å². The van der Waals surface area contributed by atoms with Crippen LogP contribution >= 0.6 is 15.9 Å². The number of hydrogen-bond acceptors (Lipinski definition) is 4. The Bertz CT molecular complexity index is 491. The van der Waals surface area contributed by atoms with Crippen LogP contribution in [0.15, 0.2) is 18.2 Å². The highest BCUT2D eigenvalue weighted by Gasteiger charge is 2.18. The first-order valence-electron chi connectivity index (χ1n) is 4.34. The van der Waals surface area contributed by atoms with Crippen LogP contribution < -0.4 is 0 Å². The monoisotopic (exact) mass is 282 g/mol. The van der Waals surface area contributed by atoms with Gasteiger partial charge in [0.25, 0.3) is 5.69 Å². The molecule has 0 amide bonds. The quantitative estimate of drug-likeness (QED) is 0.369. The van der Waals surface area contributed by atoms with Crippen molar-refractivity contribution in [2.75, 3.05) is 0 Å². The number of benzene rings is 1. The predicted molar refractivity (Wildman–Crippen MR) is 60.5 cm³/mol. The standard InChI is InChI=1S/C10H7BrN2O3/c1-6(11)10(14)9-3-2-8(13(15)16)4-7(9)5-12/h2-4,6H,1H3. The van der Waals surface area contributed by atoms with E-state index in [0.717, 1.165) is 6.07 Å². The summed E-state index contributed by atoms with van der Waals surface area (Å²) in [6.07, 6.45) is 0. The number of ketones is 1. The van der Waals surface area contributed by atoms with Crippen LogP contribution in [0, 0.1) is 21.4 Å². The number of nitrogens with zero attached hydrogens (tertiary/aromatic N) is 2. The second kappa shape index (κ2) is 4.86. The second-order valence-electron chi connectivity index (χ2n) is 3.08. The Morgan fingerprint density at radius 1 is 1.62 bits per heavy atom. The first-order valence-corrected chi connectivity index (χ1v) is 5.25. The zero-order valence-electron chi connectivity index (χ0n) is 8.31. The van der Waals surface area contributed by atoms with Crippen molar-refractivity contribution in [2.45, 2.75) is 11.8 Å². The van der Waals surface area contributed by atoms with Crippen LogP contribution in [0.1, 0.15) is 22.8 Å². The van der Waals surface area contributed by atoms with Crippen molar-refractivity contribution in [1.29, 1.82) is 5.26 Å². The van der Waals surface area contributed by atoms with Crippen LogP contribution in [0.5, 0.6) is 0 Å². The van der Waals surface area contributed by atoms with Gasteiger partial charge >= 0.3 is 0 Å². The Morgan fingerprint density at radius 3 is 2.69 bits per heavy atom. The van der Waals surface area contributed by atoms with Crippen LogP contribution in [-0.4, -0.2) is 15.5 Å². The maximum absolute atomic E-state index is 11.6.